The summed E-state index contributed by atoms with van der Waals surface area (Å²) < 4.78 is 288. The second-order valence-electron chi connectivity index (χ2n) is 6.31. The van der Waals surface area contributed by atoms with Gasteiger partial charge in [0.25, 0.3) is 0 Å². The summed E-state index contributed by atoms with van der Waals surface area (Å²) in [6.45, 7) is 0. The van der Waals surface area contributed by atoms with E-state index >= 15 is 0 Å². The van der Waals surface area contributed by atoms with Crippen molar-refractivity contribution in [3.05, 3.63) is 0 Å². The molecule has 23 heteroatoms. The first kappa shape index (κ1) is 30.5. The van der Waals surface area contributed by atoms with Gasteiger partial charge in [-0.3, -0.25) is 4.74 Å². The minimum absolute atomic E-state index is 0.996. The van der Waals surface area contributed by atoms with E-state index in [-0.39, 0.29) is 0 Å². The number of alkyl halides is 22. The van der Waals surface area contributed by atoms with E-state index in [2.05, 4.69) is 0 Å². The molecule has 0 aromatic rings. The molecule has 1 rings (SSSR count). The zero-order valence-electron chi connectivity index (χ0n) is 14.2. The summed E-state index contributed by atoms with van der Waals surface area (Å²) in [5.41, 5.74) is -9.12. The molecule has 0 heterocycles. The van der Waals surface area contributed by atoms with Crippen molar-refractivity contribution >= 4 is 0 Å². The summed E-state index contributed by atoms with van der Waals surface area (Å²) in [6, 6.07) is 0. The smallest absolute Gasteiger partial charge is 0.267 e. The average molecular weight is 566 g/mol. The molecule has 1 saturated carbocycles. The fourth-order valence-corrected chi connectivity index (χ4v) is 2.35. The second-order valence-corrected chi connectivity index (χ2v) is 6.31. The summed E-state index contributed by atoms with van der Waals surface area (Å²) >= 11 is 0. The van der Waals surface area contributed by atoms with Gasteiger partial charge in [-0.05, 0) is 0 Å². The summed E-state index contributed by atoms with van der Waals surface area (Å²) in [5.74, 6) is -61.2. The molecule has 0 aliphatic heterocycles. The lowest BCUT2D eigenvalue weighted by Gasteiger charge is -2.56. The fraction of sp³-hybridized carbons (Fsp3) is 1.00. The van der Waals surface area contributed by atoms with Crippen molar-refractivity contribution in [2.75, 3.05) is 0 Å². The standard InChI is InChI=1S/C11F22O/c12-1(4(17,18)9(26,27)28)2(13,14)5(19,20)6(21,22)8(25,3(1,15)16)34-11(32,33)7(23,24)10(29,30)31/t1-,8-/m0/s1. The zero-order valence-corrected chi connectivity index (χ0v) is 14.2. The van der Waals surface area contributed by atoms with Gasteiger partial charge in [-0.2, -0.15) is 92.2 Å². The van der Waals surface area contributed by atoms with Crippen LogP contribution in [0.3, 0.4) is 0 Å². The van der Waals surface area contributed by atoms with Crippen molar-refractivity contribution in [1.29, 1.82) is 0 Å². The predicted molar refractivity (Wildman–Crippen MR) is 55.5 cm³/mol. The van der Waals surface area contributed by atoms with Gasteiger partial charge >= 0.3 is 65.5 Å². The van der Waals surface area contributed by atoms with Gasteiger partial charge in [-0.15, -0.1) is 0 Å². The van der Waals surface area contributed by atoms with E-state index in [1.807, 2.05) is 0 Å². The van der Waals surface area contributed by atoms with E-state index in [1.165, 1.54) is 0 Å². The normalized spacial score (nSPS) is 31.9. The van der Waals surface area contributed by atoms with Crippen LogP contribution in [0, 0.1) is 0 Å². The summed E-state index contributed by atoms with van der Waals surface area (Å²) in [5, 5.41) is 0. The first-order chi connectivity index (χ1) is 14.2. The van der Waals surface area contributed by atoms with Crippen LogP contribution < -0.4 is 0 Å². The molecule has 0 spiro atoms. The van der Waals surface area contributed by atoms with Crippen LogP contribution in [0.1, 0.15) is 0 Å². The molecular formula is C11F22O. The van der Waals surface area contributed by atoms with Crippen LogP contribution in [0.5, 0.6) is 0 Å². The first-order valence-corrected chi connectivity index (χ1v) is 7.07. The highest BCUT2D eigenvalue weighted by Crippen LogP contribution is 2.74. The Labute approximate surface area is 168 Å². The molecule has 34 heavy (non-hydrogen) atoms. The lowest BCUT2D eigenvalue weighted by Crippen LogP contribution is -2.90. The van der Waals surface area contributed by atoms with E-state index in [4.69, 9.17) is 0 Å². The molecule has 1 fully saturated rings. The van der Waals surface area contributed by atoms with Crippen LogP contribution in [0.15, 0.2) is 0 Å². The first-order valence-electron chi connectivity index (χ1n) is 7.07. The molecule has 1 aliphatic rings. The van der Waals surface area contributed by atoms with Gasteiger partial charge < -0.3 is 0 Å². The van der Waals surface area contributed by atoms with Crippen LogP contribution >= 0.6 is 0 Å². The highest BCUT2D eigenvalue weighted by molar-refractivity contribution is 5.31. The molecule has 0 amide bonds. The third-order valence-electron chi connectivity index (χ3n) is 4.24. The molecule has 2 atom stereocenters. The topological polar surface area (TPSA) is 9.23 Å². The second kappa shape index (κ2) is 6.79. The molecule has 0 aromatic heterocycles. The number of halogens is 22. The lowest BCUT2D eigenvalue weighted by molar-refractivity contribution is -0.568. The van der Waals surface area contributed by atoms with Crippen LogP contribution in [0.2, 0.25) is 0 Å². The van der Waals surface area contributed by atoms with Crippen LogP contribution in [-0.4, -0.2) is 65.5 Å². The Bertz CT molecular complexity index is 803. The SMILES string of the molecule is FC(F)(F)C(F)(F)C(F)(F)O[C@]1(F)C(F)(F)C(F)(F)C(F)(F)[C@@](F)(C(F)(F)C(F)(F)F)C1(F)F. The Kier molecular flexibility index (Phi) is 6.08. The quantitative estimate of drug-likeness (QED) is 0.336. The Balaban J connectivity index is 4.18. The number of ether oxygens (including phenoxy) is 1. The molecule has 0 radical (unpaired) electrons. The largest absolute Gasteiger partial charge is 0.462 e. The van der Waals surface area contributed by atoms with E-state index in [0.717, 1.165) is 4.74 Å². The highest BCUT2D eigenvalue weighted by Gasteiger charge is 3.07. The van der Waals surface area contributed by atoms with Crippen molar-refractivity contribution in [3.8, 4) is 0 Å². The van der Waals surface area contributed by atoms with Crippen LogP contribution in [-0.2, 0) is 4.74 Å². The minimum atomic E-state index is -9.12. The molecular weight excluding hydrogens is 566 g/mol. The van der Waals surface area contributed by atoms with Gasteiger partial charge in [-0.25, -0.2) is 4.39 Å². The van der Waals surface area contributed by atoms with E-state index in [9.17, 15) is 96.6 Å². The maximum atomic E-state index is 14.1. The monoisotopic (exact) mass is 566 g/mol. The van der Waals surface area contributed by atoms with Crippen molar-refractivity contribution in [2.45, 2.75) is 65.5 Å². The number of hydrogen-bond acceptors (Lipinski definition) is 1. The molecule has 0 unspecified atom stereocenters. The summed E-state index contributed by atoms with van der Waals surface area (Å²) in [4.78, 5) is 0. The van der Waals surface area contributed by atoms with Gasteiger partial charge in [0.15, 0.2) is 0 Å². The lowest BCUT2D eigenvalue weighted by atomic mass is 9.68. The molecule has 0 N–H and O–H groups in total. The van der Waals surface area contributed by atoms with Crippen molar-refractivity contribution in [3.63, 3.8) is 0 Å². The van der Waals surface area contributed by atoms with Gasteiger partial charge in [0, 0.05) is 0 Å². The molecule has 0 bridgehead atoms. The Morgan fingerprint density at radius 3 is 1.06 bits per heavy atom. The third-order valence-corrected chi connectivity index (χ3v) is 4.24. The average Bonchev–Trinajstić information content (AvgIpc) is 2.56. The molecule has 0 saturated heterocycles. The maximum Gasteiger partial charge on any atom is 0.462 e. The van der Waals surface area contributed by atoms with E-state index < -0.39 is 65.5 Å². The molecule has 204 valence electrons. The number of hydrogen-bond donors (Lipinski definition) is 0. The molecule has 1 nitrogen and oxygen atoms in total. The van der Waals surface area contributed by atoms with Crippen LogP contribution in [0.4, 0.5) is 96.6 Å². The van der Waals surface area contributed by atoms with Crippen molar-refractivity contribution in [1.82, 2.24) is 0 Å². The maximum absolute atomic E-state index is 14.1. The Morgan fingerprint density at radius 2 is 0.765 bits per heavy atom. The van der Waals surface area contributed by atoms with Gasteiger partial charge in [0.05, 0.1) is 0 Å². The highest BCUT2D eigenvalue weighted by atomic mass is 19.4. The zero-order chi connectivity index (χ0) is 28.2. The van der Waals surface area contributed by atoms with Crippen molar-refractivity contribution in [2.24, 2.45) is 0 Å². The van der Waals surface area contributed by atoms with Crippen LogP contribution in [0.25, 0.3) is 0 Å². The fourth-order valence-electron chi connectivity index (χ4n) is 2.35. The predicted octanol–water partition coefficient (Wildman–Crippen LogP) is 6.92. The summed E-state index contributed by atoms with van der Waals surface area (Å²) in [7, 11) is 0. The van der Waals surface area contributed by atoms with Gasteiger partial charge in [0.2, 0.25) is 0 Å². The van der Waals surface area contributed by atoms with Crippen molar-refractivity contribution < 1.29 is 101 Å². The Hall–Kier alpha value is -1.58. The minimum Gasteiger partial charge on any atom is -0.267 e. The van der Waals surface area contributed by atoms with Gasteiger partial charge in [0.1, 0.15) is 0 Å². The summed E-state index contributed by atoms with van der Waals surface area (Å²) in [6.07, 6.45) is -24.6. The molecule has 0 aromatic carbocycles. The number of rotatable bonds is 4. The Morgan fingerprint density at radius 1 is 0.412 bits per heavy atom. The van der Waals surface area contributed by atoms with Gasteiger partial charge in [-0.1, -0.05) is 0 Å². The molecule has 1 aliphatic carbocycles. The van der Waals surface area contributed by atoms with E-state index in [1.54, 1.807) is 0 Å². The third kappa shape index (κ3) is 2.95. The van der Waals surface area contributed by atoms with E-state index in [0.29, 0.717) is 0 Å².